The average molecular weight is 289 g/mol. The Morgan fingerprint density at radius 1 is 1.25 bits per heavy atom. The molecule has 0 aliphatic heterocycles. The molecule has 20 heavy (non-hydrogen) atoms. The van der Waals surface area contributed by atoms with Gasteiger partial charge in [-0.05, 0) is 49.4 Å². The maximum atomic E-state index is 12.7. The van der Waals surface area contributed by atoms with Crippen LogP contribution in [0, 0.1) is 0 Å². The van der Waals surface area contributed by atoms with Gasteiger partial charge in [0.25, 0.3) is 0 Å². The van der Waals surface area contributed by atoms with Gasteiger partial charge in [0.05, 0.1) is 12.7 Å². The van der Waals surface area contributed by atoms with E-state index in [1.54, 1.807) is 0 Å². The summed E-state index contributed by atoms with van der Waals surface area (Å²) in [5.74, 6) is 0.502. The molecule has 1 atom stereocenters. The van der Waals surface area contributed by atoms with Gasteiger partial charge in [0.1, 0.15) is 5.75 Å². The van der Waals surface area contributed by atoms with Crippen LogP contribution in [0.5, 0.6) is 5.75 Å². The lowest BCUT2D eigenvalue weighted by molar-refractivity contribution is -0.137. The van der Waals surface area contributed by atoms with Crippen molar-refractivity contribution < 1.29 is 17.9 Å². The van der Waals surface area contributed by atoms with E-state index < -0.39 is 11.7 Å². The summed E-state index contributed by atoms with van der Waals surface area (Å²) >= 11 is 0. The maximum Gasteiger partial charge on any atom is 0.416 e. The smallest absolute Gasteiger partial charge is 0.416 e. The molecule has 1 aromatic rings. The van der Waals surface area contributed by atoms with Crippen molar-refractivity contribution in [3.63, 3.8) is 0 Å². The van der Waals surface area contributed by atoms with Gasteiger partial charge >= 0.3 is 6.18 Å². The summed E-state index contributed by atoms with van der Waals surface area (Å²) in [5, 5.41) is 0. The van der Waals surface area contributed by atoms with E-state index in [1.165, 1.54) is 19.2 Å². The van der Waals surface area contributed by atoms with Gasteiger partial charge in [0.15, 0.2) is 0 Å². The van der Waals surface area contributed by atoms with Gasteiger partial charge in [-0.15, -0.1) is 0 Å². The molecule has 2 nitrogen and oxygen atoms in total. The molecule has 0 aliphatic rings. The molecule has 0 saturated carbocycles. The molecule has 2 N–H and O–H groups in total. The van der Waals surface area contributed by atoms with Gasteiger partial charge in [-0.25, -0.2) is 0 Å². The van der Waals surface area contributed by atoms with Crippen LogP contribution in [-0.2, 0) is 12.6 Å². The lowest BCUT2D eigenvalue weighted by atomic mass is 10.0. The Morgan fingerprint density at radius 3 is 2.50 bits per heavy atom. The third-order valence-corrected chi connectivity index (χ3v) is 3.29. The van der Waals surface area contributed by atoms with Crippen LogP contribution in [0.25, 0.3) is 0 Å². The molecule has 114 valence electrons. The lowest BCUT2D eigenvalue weighted by Gasteiger charge is -2.14. The van der Waals surface area contributed by atoms with Crippen molar-refractivity contribution in [2.75, 3.05) is 7.11 Å². The highest BCUT2D eigenvalue weighted by molar-refractivity contribution is 5.38. The monoisotopic (exact) mass is 289 g/mol. The zero-order valence-electron chi connectivity index (χ0n) is 12.0. The van der Waals surface area contributed by atoms with Crippen molar-refractivity contribution in [1.82, 2.24) is 0 Å². The molecule has 1 aromatic carbocycles. The normalized spacial score (nSPS) is 13.3. The van der Waals surface area contributed by atoms with Gasteiger partial charge in [-0.2, -0.15) is 13.2 Å². The number of methoxy groups -OCH3 is 1. The number of hydrogen-bond donors (Lipinski definition) is 1. The van der Waals surface area contributed by atoms with Crippen molar-refractivity contribution in [3.05, 3.63) is 29.3 Å². The van der Waals surface area contributed by atoms with Crippen LogP contribution in [0.4, 0.5) is 13.2 Å². The van der Waals surface area contributed by atoms with Crippen LogP contribution >= 0.6 is 0 Å². The first kappa shape index (κ1) is 16.8. The molecule has 0 fully saturated rings. The van der Waals surface area contributed by atoms with Crippen LogP contribution in [0.2, 0.25) is 0 Å². The molecule has 5 heteroatoms. The Kier molecular flexibility index (Phi) is 6.33. The number of alkyl halides is 3. The Hall–Kier alpha value is -1.23. The Bertz CT molecular complexity index is 418. The fourth-order valence-electron chi connectivity index (χ4n) is 2.22. The number of aryl methyl sites for hydroxylation is 1. The molecule has 0 saturated heterocycles. The molecule has 1 rings (SSSR count). The zero-order chi connectivity index (χ0) is 15.2. The van der Waals surface area contributed by atoms with Crippen LogP contribution in [0.3, 0.4) is 0 Å². The summed E-state index contributed by atoms with van der Waals surface area (Å²) in [4.78, 5) is 0. The van der Waals surface area contributed by atoms with Crippen molar-refractivity contribution in [1.29, 1.82) is 0 Å². The minimum Gasteiger partial charge on any atom is -0.496 e. The summed E-state index contributed by atoms with van der Waals surface area (Å²) < 4.78 is 43.2. The van der Waals surface area contributed by atoms with Gasteiger partial charge in [0.2, 0.25) is 0 Å². The first-order valence-electron chi connectivity index (χ1n) is 6.88. The zero-order valence-corrected chi connectivity index (χ0v) is 12.0. The third-order valence-electron chi connectivity index (χ3n) is 3.29. The summed E-state index contributed by atoms with van der Waals surface area (Å²) in [5.41, 5.74) is 5.86. The molecule has 0 amide bonds. The highest BCUT2D eigenvalue weighted by Crippen LogP contribution is 2.33. The topological polar surface area (TPSA) is 35.2 Å². The van der Waals surface area contributed by atoms with Crippen LogP contribution < -0.4 is 10.5 Å². The number of benzene rings is 1. The Morgan fingerprint density at radius 2 is 1.95 bits per heavy atom. The van der Waals surface area contributed by atoms with Crippen molar-refractivity contribution in [2.24, 2.45) is 5.73 Å². The average Bonchev–Trinajstić information content (AvgIpc) is 2.38. The third kappa shape index (κ3) is 5.04. The predicted octanol–water partition coefficient (Wildman–Crippen LogP) is 4.16. The van der Waals surface area contributed by atoms with E-state index in [0.717, 1.165) is 31.7 Å². The van der Waals surface area contributed by atoms with E-state index in [9.17, 15) is 13.2 Å². The van der Waals surface area contributed by atoms with Crippen LogP contribution in [-0.4, -0.2) is 13.2 Å². The van der Waals surface area contributed by atoms with E-state index in [2.05, 4.69) is 6.92 Å². The number of ether oxygens (including phenoxy) is 1. The van der Waals surface area contributed by atoms with Crippen LogP contribution in [0.1, 0.15) is 43.7 Å². The second kappa shape index (κ2) is 7.53. The van der Waals surface area contributed by atoms with E-state index in [1.807, 2.05) is 0 Å². The number of rotatable bonds is 7. The van der Waals surface area contributed by atoms with Crippen molar-refractivity contribution in [3.8, 4) is 5.75 Å². The SMILES string of the molecule is CCCC(N)CCCc1cc(C(F)(F)F)ccc1OC. The number of halogens is 3. The highest BCUT2D eigenvalue weighted by atomic mass is 19.4. The number of hydrogen-bond acceptors (Lipinski definition) is 2. The highest BCUT2D eigenvalue weighted by Gasteiger charge is 2.31. The first-order chi connectivity index (χ1) is 9.38. The fraction of sp³-hybridized carbons (Fsp3) is 0.600. The molecule has 0 bridgehead atoms. The standard InChI is InChI=1S/C15H22F3NO/c1-3-5-13(19)7-4-6-11-10-12(15(16,17)18)8-9-14(11)20-2/h8-10,13H,3-7,19H2,1-2H3. The summed E-state index contributed by atoms with van der Waals surface area (Å²) in [7, 11) is 1.47. The lowest BCUT2D eigenvalue weighted by Crippen LogP contribution is -2.19. The molecule has 1 unspecified atom stereocenters. The number of nitrogens with two attached hydrogens (primary N) is 1. The van der Waals surface area contributed by atoms with E-state index in [-0.39, 0.29) is 6.04 Å². The Balaban J connectivity index is 2.72. The first-order valence-corrected chi connectivity index (χ1v) is 6.88. The van der Waals surface area contributed by atoms with Gasteiger partial charge in [-0.3, -0.25) is 0 Å². The van der Waals surface area contributed by atoms with Crippen molar-refractivity contribution >= 4 is 0 Å². The van der Waals surface area contributed by atoms with Gasteiger partial charge in [0, 0.05) is 6.04 Å². The second-order valence-corrected chi connectivity index (χ2v) is 4.97. The second-order valence-electron chi connectivity index (χ2n) is 4.97. The van der Waals surface area contributed by atoms with Gasteiger partial charge < -0.3 is 10.5 Å². The molecule has 0 aliphatic carbocycles. The predicted molar refractivity (Wildman–Crippen MR) is 73.8 cm³/mol. The molecule has 0 heterocycles. The summed E-state index contributed by atoms with van der Waals surface area (Å²) in [6, 6.07) is 3.72. The fourth-order valence-corrected chi connectivity index (χ4v) is 2.22. The summed E-state index contributed by atoms with van der Waals surface area (Å²) in [6.45, 7) is 2.07. The van der Waals surface area contributed by atoms with E-state index in [0.29, 0.717) is 17.7 Å². The van der Waals surface area contributed by atoms with Gasteiger partial charge in [-0.1, -0.05) is 13.3 Å². The molecular formula is C15H22F3NO. The molecular weight excluding hydrogens is 267 g/mol. The Labute approximate surface area is 118 Å². The molecule has 0 aromatic heterocycles. The molecule has 0 radical (unpaired) electrons. The quantitative estimate of drug-likeness (QED) is 0.818. The molecule has 0 spiro atoms. The minimum atomic E-state index is -4.32. The van der Waals surface area contributed by atoms with E-state index in [4.69, 9.17) is 10.5 Å². The van der Waals surface area contributed by atoms with Crippen LogP contribution in [0.15, 0.2) is 18.2 Å². The van der Waals surface area contributed by atoms with E-state index >= 15 is 0 Å². The minimum absolute atomic E-state index is 0.122. The maximum absolute atomic E-state index is 12.7. The largest absolute Gasteiger partial charge is 0.496 e. The summed E-state index contributed by atoms with van der Waals surface area (Å²) in [6.07, 6.45) is -0.232. The van der Waals surface area contributed by atoms with Crippen molar-refractivity contribution in [2.45, 2.75) is 51.2 Å².